The van der Waals surface area contributed by atoms with Crippen LogP contribution in [0.3, 0.4) is 0 Å². The molecule has 5 rings (SSSR count). The fourth-order valence-electron chi connectivity index (χ4n) is 3.90. The van der Waals surface area contributed by atoms with Gasteiger partial charge in [0.15, 0.2) is 0 Å². The molecule has 2 aliphatic rings. The summed E-state index contributed by atoms with van der Waals surface area (Å²) in [6, 6.07) is 4.55. The first-order valence-electron chi connectivity index (χ1n) is 9.77. The molecule has 1 aliphatic carbocycles. The Balaban J connectivity index is 1.49. The first kappa shape index (κ1) is 20.1. The first-order valence-corrected chi connectivity index (χ1v) is 12.4. The number of aromatic nitrogens is 2. The van der Waals surface area contributed by atoms with Crippen LogP contribution in [0.15, 0.2) is 23.1 Å². The summed E-state index contributed by atoms with van der Waals surface area (Å²) in [5, 5.41) is 1.17. The fraction of sp³-hybridized carbons (Fsp3) is 0.400. The number of hydrogen-bond acceptors (Lipinski definition) is 7. The third-order valence-corrected chi connectivity index (χ3v) is 8.74. The lowest BCUT2D eigenvalue weighted by atomic mass is 10.2. The second kappa shape index (κ2) is 7.72. The van der Waals surface area contributed by atoms with Crippen molar-refractivity contribution in [3.63, 3.8) is 0 Å². The molecule has 10 heteroatoms. The lowest BCUT2D eigenvalue weighted by Gasteiger charge is -2.26. The van der Waals surface area contributed by atoms with Gasteiger partial charge in [-0.2, -0.15) is 9.29 Å². The van der Waals surface area contributed by atoms with Gasteiger partial charge in [0, 0.05) is 18.0 Å². The molecule has 1 fully saturated rings. The van der Waals surface area contributed by atoms with Gasteiger partial charge in [-0.25, -0.2) is 13.4 Å². The van der Waals surface area contributed by atoms with Gasteiger partial charge in [0.2, 0.25) is 15.9 Å². The number of rotatable bonds is 4. The van der Waals surface area contributed by atoms with Gasteiger partial charge < -0.3 is 9.47 Å². The van der Waals surface area contributed by atoms with Gasteiger partial charge in [-0.1, -0.05) is 11.6 Å². The predicted molar refractivity (Wildman–Crippen MR) is 115 cm³/mol. The van der Waals surface area contributed by atoms with Crippen molar-refractivity contribution in [1.29, 1.82) is 0 Å². The van der Waals surface area contributed by atoms with Crippen LogP contribution in [0.2, 0.25) is 5.02 Å². The Bertz CT molecular complexity index is 1240. The second-order valence-electron chi connectivity index (χ2n) is 7.32. The van der Waals surface area contributed by atoms with Gasteiger partial charge in [-0.15, -0.1) is 11.3 Å². The van der Waals surface area contributed by atoms with Crippen molar-refractivity contribution in [2.24, 2.45) is 0 Å². The van der Waals surface area contributed by atoms with Gasteiger partial charge in [0.1, 0.15) is 16.4 Å². The summed E-state index contributed by atoms with van der Waals surface area (Å²) >= 11 is 8.12. The van der Waals surface area contributed by atoms with Crippen LogP contribution in [0.25, 0.3) is 10.2 Å². The molecule has 1 aliphatic heterocycles. The Morgan fingerprint density at radius 3 is 2.77 bits per heavy atom. The number of benzene rings is 1. The number of sulfonamides is 1. The van der Waals surface area contributed by atoms with Crippen LogP contribution in [-0.4, -0.2) is 49.0 Å². The minimum Gasteiger partial charge on any atom is -0.437 e. The molecule has 1 saturated heterocycles. The van der Waals surface area contributed by atoms with E-state index in [1.54, 1.807) is 17.4 Å². The molecule has 0 radical (unpaired) electrons. The van der Waals surface area contributed by atoms with Crippen molar-refractivity contribution in [2.75, 3.05) is 26.3 Å². The van der Waals surface area contributed by atoms with Crippen LogP contribution in [-0.2, 0) is 27.6 Å². The smallest absolute Gasteiger partial charge is 0.243 e. The highest BCUT2D eigenvalue weighted by Crippen LogP contribution is 2.42. The molecule has 0 saturated carbocycles. The zero-order valence-corrected chi connectivity index (χ0v) is 18.7. The van der Waals surface area contributed by atoms with Crippen molar-refractivity contribution >= 4 is 43.2 Å². The van der Waals surface area contributed by atoms with E-state index < -0.39 is 10.0 Å². The van der Waals surface area contributed by atoms with Crippen molar-refractivity contribution in [3.05, 3.63) is 39.5 Å². The van der Waals surface area contributed by atoms with Crippen molar-refractivity contribution < 1.29 is 17.9 Å². The number of ether oxygens (including phenoxy) is 2. The molecule has 2 aromatic heterocycles. The molecule has 0 spiro atoms. The molecule has 1 aromatic carbocycles. The molecule has 0 N–H and O–H groups in total. The van der Waals surface area contributed by atoms with E-state index in [1.165, 1.54) is 26.9 Å². The summed E-state index contributed by atoms with van der Waals surface area (Å²) < 4.78 is 38.5. The van der Waals surface area contributed by atoms with Gasteiger partial charge in [-0.05, 0) is 49.9 Å². The molecular weight excluding hydrogens is 446 g/mol. The van der Waals surface area contributed by atoms with Crippen molar-refractivity contribution in [3.8, 4) is 11.6 Å². The molecule has 7 nitrogen and oxygen atoms in total. The minimum absolute atomic E-state index is 0.141. The molecule has 0 atom stereocenters. The number of thiophene rings is 1. The van der Waals surface area contributed by atoms with E-state index in [1.807, 2.05) is 6.92 Å². The van der Waals surface area contributed by atoms with Gasteiger partial charge >= 0.3 is 0 Å². The van der Waals surface area contributed by atoms with Crippen LogP contribution in [0.4, 0.5) is 0 Å². The van der Waals surface area contributed by atoms with E-state index in [-0.39, 0.29) is 9.92 Å². The summed E-state index contributed by atoms with van der Waals surface area (Å²) in [4.78, 5) is 11.5. The molecule has 0 unspecified atom stereocenters. The van der Waals surface area contributed by atoms with Crippen LogP contribution >= 0.6 is 22.9 Å². The second-order valence-corrected chi connectivity index (χ2v) is 10.8. The molecule has 30 heavy (non-hydrogen) atoms. The van der Waals surface area contributed by atoms with Crippen LogP contribution < -0.4 is 4.74 Å². The third-order valence-electron chi connectivity index (χ3n) is 5.36. The Morgan fingerprint density at radius 2 is 2.00 bits per heavy atom. The maximum absolute atomic E-state index is 12.9. The summed E-state index contributed by atoms with van der Waals surface area (Å²) in [6.45, 7) is 3.28. The monoisotopic (exact) mass is 465 g/mol. The van der Waals surface area contributed by atoms with Crippen molar-refractivity contribution in [2.45, 2.75) is 31.1 Å². The zero-order valence-electron chi connectivity index (χ0n) is 16.4. The number of aryl methyl sites for hydroxylation is 3. The normalized spacial score (nSPS) is 17.4. The van der Waals surface area contributed by atoms with Crippen LogP contribution in [0.1, 0.15) is 22.7 Å². The predicted octanol–water partition coefficient (Wildman–Crippen LogP) is 3.96. The quantitative estimate of drug-likeness (QED) is 0.580. The Morgan fingerprint density at radius 1 is 1.20 bits per heavy atom. The van der Waals surface area contributed by atoms with Crippen LogP contribution in [0.5, 0.6) is 11.6 Å². The summed E-state index contributed by atoms with van der Waals surface area (Å²) in [6.07, 6.45) is 3.17. The highest BCUT2D eigenvalue weighted by atomic mass is 35.5. The van der Waals surface area contributed by atoms with E-state index in [0.29, 0.717) is 43.8 Å². The summed E-state index contributed by atoms with van der Waals surface area (Å²) in [5.41, 5.74) is 1.26. The van der Waals surface area contributed by atoms with E-state index in [9.17, 15) is 8.42 Å². The fourth-order valence-corrected chi connectivity index (χ4v) is 6.92. The molecule has 0 bridgehead atoms. The van der Waals surface area contributed by atoms with Gasteiger partial charge in [-0.3, -0.25) is 0 Å². The van der Waals surface area contributed by atoms with Crippen molar-refractivity contribution in [1.82, 2.24) is 14.3 Å². The number of fused-ring (bicyclic) bond motifs is 3. The summed E-state index contributed by atoms with van der Waals surface area (Å²) in [7, 11) is -3.63. The number of nitrogens with zero attached hydrogens (tertiary/aromatic N) is 3. The topological polar surface area (TPSA) is 81.6 Å². The number of halogens is 1. The standard InChI is InChI=1S/C20H20ClN3O4S2/c1-12-22-19(18-14-3-2-4-17(14)29-20(18)23-12)28-16-6-5-13(11-15(16)21)30(25,26)24-7-9-27-10-8-24/h5-6,11H,2-4,7-10H2,1H3. The summed E-state index contributed by atoms with van der Waals surface area (Å²) in [5.74, 6) is 1.47. The SMILES string of the molecule is Cc1nc(Oc2ccc(S(=O)(=O)N3CCOCC3)cc2Cl)c2c3c(sc2n1)CCC3. The van der Waals surface area contributed by atoms with E-state index >= 15 is 0 Å². The van der Waals surface area contributed by atoms with E-state index in [0.717, 1.165) is 29.5 Å². The highest BCUT2D eigenvalue weighted by Gasteiger charge is 2.28. The maximum Gasteiger partial charge on any atom is 0.243 e. The Hall–Kier alpha value is -1.78. The molecule has 0 amide bonds. The lowest BCUT2D eigenvalue weighted by Crippen LogP contribution is -2.40. The number of hydrogen-bond donors (Lipinski definition) is 0. The average Bonchev–Trinajstić information content (AvgIpc) is 3.30. The van der Waals surface area contributed by atoms with Gasteiger partial charge in [0.25, 0.3) is 0 Å². The average molecular weight is 466 g/mol. The molecule has 3 aromatic rings. The maximum atomic E-state index is 12.9. The molecular formula is C20H20ClN3O4S2. The lowest BCUT2D eigenvalue weighted by molar-refractivity contribution is 0.0730. The first-order chi connectivity index (χ1) is 14.4. The minimum atomic E-state index is -3.63. The molecule has 158 valence electrons. The van der Waals surface area contributed by atoms with E-state index in [4.69, 9.17) is 21.1 Å². The largest absolute Gasteiger partial charge is 0.437 e. The Kier molecular flexibility index (Phi) is 5.19. The van der Waals surface area contributed by atoms with E-state index in [2.05, 4.69) is 9.97 Å². The highest BCUT2D eigenvalue weighted by molar-refractivity contribution is 7.89. The van der Waals surface area contributed by atoms with Gasteiger partial charge in [0.05, 0.1) is 28.5 Å². The number of morpholine rings is 1. The third kappa shape index (κ3) is 3.48. The molecule has 3 heterocycles. The Labute approximate surface area is 183 Å². The zero-order chi connectivity index (χ0) is 20.9. The van der Waals surface area contributed by atoms with Crippen LogP contribution in [0, 0.1) is 6.92 Å².